The van der Waals surface area contributed by atoms with Crippen LogP contribution in [0, 0.1) is 5.82 Å². The molecule has 27 heavy (non-hydrogen) atoms. The molecule has 0 radical (unpaired) electrons. The second-order valence-corrected chi connectivity index (χ2v) is 7.91. The van der Waals surface area contributed by atoms with Gasteiger partial charge in [0.05, 0.1) is 0 Å². The fraction of sp³-hybridized carbons (Fsp3) is 0.211. The second kappa shape index (κ2) is 9.64. The van der Waals surface area contributed by atoms with Gasteiger partial charge in [0.1, 0.15) is 5.82 Å². The minimum Gasteiger partial charge on any atom is -0.341 e. The zero-order chi connectivity index (χ0) is 19.9. The molecule has 0 aromatic heterocycles. The van der Waals surface area contributed by atoms with E-state index in [-0.39, 0.29) is 36.0 Å². The van der Waals surface area contributed by atoms with Crippen LogP contribution < -0.4 is 4.72 Å². The maximum Gasteiger partial charge on any atom is 0.233 e. The molecule has 8 heteroatoms. The van der Waals surface area contributed by atoms with Crippen molar-refractivity contribution in [3.8, 4) is 0 Å². The van der Waals surface area contributed by atoms with Crippen LogP contribution in [0.5, 0.6) is 0 Å². The van der Waals surface area contributed by atoms with Crippen LogP contribution in [0.4, 0.5) is 4.39 Å². The summed E-state index contributed by atoms with van der Waals surface area (Å²) in [5.74, 6) is -0.821. The number of rotatable bonds is 8. The molecule has 0 unspecified atom stereocenters. The Bertz CT molecular complexity index is 898. The van der Waals surface area contributed by atoms with Crippen molar-refractivity contribution >= 4 is 33.6 Å². The smallest absolute Gasteiger partial charge is 0.233 e. The summed E-state index contributed by atoms with van der Waals surface area (Å²) in [5.41, 5.74) is 0.974. The van der Waals surface area contributed by atoms with E-state index in [2.05, 4.69) is 4.72 Å². The Labute approximate surface area is 163 Å². The molecule has 0 bridgehead atoms. The van der Waals surface area contributed by atoms with Crippen LogP contribution in [0.15, 0.2) is 53.9 Å². The predicted octanol–water partition coefficient (Wildman–Crippen LogP) is 3.42. The lowest BCUT2D eigenvalue weighted by Crippen LogP contribution is -2.31. The van der Waals surface area contributed by atoms with Crippen LogP contribution in [0.2, 0.25) is 5.02 Å². The van der Waals surface area contributed by atoms with E-state index >= 15 is 0 Å². The largest absolute Gasteiger partial charge is 0.341 e. The fourth-order valence-electron chi connectivity index (χ4n) is 2.28. The number of hydrogen-bond acceptors (Lipinski definition) is 3. The fourth-order valence-corrected chi connectivity index (χ4v) is 3.32. The van der Waals surface area contributed by atoms with Gasteiger partial charge in [-0.05, 0) is 23.8 Å². The number of carbonyl (C=O) groups excluding carboxylic acids is 1. The number of carbonyl (C=O) groups is 1. The van der Waals surface area contributed by atoms with E-state index in [0.29, 0.717) is 0 Å². The highest BCUT2D eigenvalue weighted by Crippen LogP contribution is 2.20. The van der Waals surface area contributed by atoms with Gasteiger partial charge in [0.25, 0.3) is 0 Å². The molecule has 0 aliphatic rings. The molecule has 5 nitrogen and oxygen atoms in total. The first-order valence-electron chi connectivity index (χ1n) is 8.18. The minimum absolute atomic E-state index is 0.00496. The molecule has 0 fully saturated rings. The Morgan fingerprint density at radius 2 is 1.89 bits per heavy atom. The quantitative estimate of drug-likeness (QED) is 0.725. The van der Waals surface area contributed by atoms with E-state index in [1.807, 2.05) is 6.07 Å². The Hall–Kier alpha value is -2.22. The normalized spacial score (nSPS) is 11.7. The summed E-state index contributed by atoms with van der Waals surface area (Å²) in [6, 6.07) is 13.3. The molecule has 0 saturated heterocycles. The molecular weight excluding hydrogens is 391 g/mol. The van der Waals surface area contributed by atoms with Crippen LogP contribution in [0.3, 0.4) is 0 Å². The van der Waals surface area contributed by atoms with Crippen molar-refractivity contribution in [3.63, 3.8) is 0 Å². The molecule has 0 heterocycles. The lowest BCUT2D eigenvalue weighted by molar-refractivity contribution is -0.130. The maximum absolute atomic E-state index is 13.8. The molecule has 1 amide bonds. The number of halogens is 2. The average molecular weight is 411 g/mol. The van der Waals surface area contributed by atoms with E-state index in [1.165, 1.54) is 30.2 Å². The topological polar surface area (TPSA) is 66.5 Å². The highest BCUT2D eigenvalue weighted by Gasteiger charge is 2.15. The minimum atomic E-state index is -3.66. The Balaban J connectivity index is 1.85. The van der Waals surface area contributed by atoms with Gasteiger partial charge in [0.2, 0.25) is 15.9 Å². The summed E-state index contributed by atoms with van der Waals surface area (Å²) in [4.78, 5) is 13.4. The van der Waals surface area contributed by atoms with Gasteiger partial charge in [-0.2, -0.15) is 0 Å². The summed E-state index contributed by atoms with van der Waals surface area (Å²) in [6.07, 6.45) is 1.41. The summed E-state index contributed by atoms with van der Waals surface area (Å²) < 4.78 is 40.0. The SMILES string of the molecule is CN(Cc1c(F)cccc1Cl)C(=O)CCNS(=O)(=O)/C=C/c1ccccc1. The first-order valence-corrected chi connectivity index (χ1v) is 10.1. The van der Waals surface area contributed by atoms with Crippen molar-refractivity contribution in [2.24, 2.45) is 0 Å². The molecule has 0 atom stereocenters. The van der Waals surface area contributed by atoms with Crippen LogP contribution >= 0.6 is 11.6 Å². The van der Waals surface area contributed by atoms with Crippen molar-refractivity contribution in [2.75, 3.05) is 13.6 Å². The van der Waals surface area contributed by atoms with Crippen molar-refractivity contribution < 1.29 is 17.6 Å². The zero-order valence-electron chi connectivity index (χ0n) is 14.7. The monoisotopic (exact) mass is 410 g/mol. The van der Waals surface area contributed by atoms with Gasteiger partial charge in [-0.1, -0.05) is 48.0 Å². The number of nitrogens with one attached hydrogen (secondary N) is 1. The van der Waals surface area contributed by atoms with Crippen LogP contribution in [0.1, 0.15) is 17.5 Å². The van der Waals surface area contributed by atoms with Crippen molar-refractivity contribution in [2.45, 2.75) is 13.0 Å². The number of nitrogens with zero attached hydrogens (tertiary/aromatic N) is 1. The first kappa shape index (κ1) is 21.1. The molecule has 144 valence electrons. The lowest BCUT2D eigenvalue weighted by Gasteiger charge is -2.18. The highest BCUT2D eigenvalue weighted by molar-refractivity contribution is 7.92. The predicted molar refractivity (Wildman–Crippen MR) is 105 cm³/mol. The third kappa shape index (κ3) is 6.78. The van der Waals surface area contributed by atoms with Gasteiger partial charge < -0.3 is 4.90 Å². The van der Waals surface area contributed by atoms with Gasteiger partial charge in [-0.25, -0.2) is 17.5 Å². The van der Waals surface area contributed by atoms with Gasteiger partial charge >= 0.3 is 0 Å². The van der Waals surface area contributed by atoms with Gasteiger partial charge in [0.15, 0.2) is 0 Å². The first-order chi connectivity index (χ1) is 12.8. The Morgan fingerprint density at radius 1 is 1.19 bits per heavy atom. The average Bonchev–Trinajstić information content (AvgIpc) is 2.64. The van der Waals surface area contributed by atoms with Crippen LogP contribution in [-0.2, 0) is 21.4 Å². The van der Waals surface area contributed by atoms with Gasteiger partial charge in [0, 0.05) is 42.6 Å². The molecule has 2 aromatic carbocycles. The molecule has 2 aromatic rings. The van der Waals surface area contributed by atoms with Gasteiger partial charge in [-0.3, -0.25) is 4.79 Å². The molecule has 0 aliphatic heterocycles. The lowest BCUT2D eigenvalue weighted by atomic mass is 10.2. The van der Waals surface area contributed by atoms with Crippen LogP contribution in [0.25, 0.3) is 6.08 Å². The van der Waals surface area contributed by atoms with E-state index < -0.39 is 15.8 Å². The second-order valence-electron chi connectivity index (χ2n) is 5.85. The van der Waals surface area contributed by atoms with Crippen molar-refractivity contribution in [1.29, 1.82) is 0 Å². The van der Waals surface area contributed by atoms with Crippen molar-refractivity contribution in [3.05, 3.63) is 75.9 Å². The molecule has 0 aliphatic carbocycles. The molecule has 0 saturated carbocycles. The third-order valence-electron chi connectivity index (χ3n) is 3.76. The Kier molecular flexibility index (Phi) is 7.53. The maximum atomic E-state index is 13.8. The van der Waals surface area contributed by atoms with Gasteiger partial charge in [-0.15, -0.1) is 0 Å². The number of amides is 1. The van der Waals surface area contributed by atoms with E-state index in [0.717, 1.165) is 11.0 Å². The van der Waals surface area contributed by atoms with Crippen LogP contribution in [-0.4, -0.2) is 32.8 Å². The summed E-state index contributed by atoms with van der Waals surface area (Å²) in [6.45, 7) is -0.0549. The summed E-state index contributed by atoms with van der Waals surface area (Å²) >= 11 is 5.95. The molecule has 2 rings (SSSR count). The van der Waals surface area contributed by atoms with E-state index in [9.17, 15) is 17.6 Å². The summed E-state index contributed by atoms with van der Waals surface area (Å²) in [5, 5.41) is 1.29. The zero-order valence-corrected chi connectivity index (χ0v) is 16.3. The third-order valence-corrected chi connectivity index (χ3v) is 5.22. The van der Waals surface area contributed by atoms with E-state index in [4.69, 9.17) is 11.6 Å². The number of hydrogen-bond donors (Lipinski definition) is 1. The van der Waals surface area contributed by atoms with E-state index in [1.54, 1.807) is 30.3 Å². The summed E-state index contributed by atoms with van der Waals surface area (Å²) in [7, 11) is -2.15. The number of benzene rings is 2. The molecular formula is C19H20ClFN2O3S. The molecule has 0 spiro atoms. The Morgan fingerprint density at radius 3 is 2.56 bits per heavy atom. The van der Waals surface area contributed by atoms with Crippen molar-refractivity contribution in [1.82, 2.24) is 9.62 Å². The number of sulfonamides is 1. The highest BCUT2D eigenvalue weighted by atomic mass is 35.5. The standard InChI is InChI=1S/C19H20ClFN2O3S/c1-23(14-16-17(20)8-5-9-18(16)21)19(24)10-12-22-27(25,26)13-11-15-6-3-2-4-7-15/h2-9,11,13,22H,10,12,14H2,1H3/b13-11+. The molecule has 1 N–H and O–H groups in total.